The minimum atomic E-state index is -0.398. The lowest BCUT2D eigenvalue weighted by Crippen LogP contribution is -2.38. The first-order chi connectivity index (χ1) is 11.2. The molecule has 0 aliphatic carbocycles. The van der Waals surface area contributed by atoms with Gasteiger partial charge in [-0.05, 0) is 37.6 Å². The summed E-state index contributed by atoms with van der Waals surface area (Å²) in [6.45, 7) is 4.52. The third-order valence-corrected chi connectivity index (χ3v) is 4.10. The van der Waals surface area contributed by atoms with Gasteiger partial charge in [0.15, 0.2) is 0 Å². The number of nitrogens with zero attached hydrogens (tertiary/aromatic N) is 1. The summed E-state index contributed by atoms with van der Waals surface area (Å²) in [5.74, 6) is 0.670. The summed E-state index contributed by atoms with van der Waals surface area (Å²) in [4.78, 5) is 29.3. The zero-order valence-electron chi connectivity index (χ0n) is 13.1. The van der Waals surface area contributed by atoms with Gasteiger partial charge in [-0.1, -0.05) is 0 Å². The van der Waals surface area contributed by atoms with Crippen LogP contribution in [0.4, 0.5) is 0 Å². The average molecular weight is 316 g/mol. The Balaban J connectivity index is 1.79. The molecule has 1 amide bonds. The summed E-state index contributed by atoms with van der Waals surface area (Å²) >= 11 is 0. The minimum Gasteiger partial charge on any atom is -0.463 e. The van der Waals surface area contributed by atoms with Crippen molar-refractivity contribution in [2.24, 2.45) is 5.92 Å². The Labute approximate surface area is 134 Å². The zero-order valence-corrected chi connectivity index (χ0v) is 13.1. The van der Waals surface area contributed by atoms with Crippen molar-refractivity contribution in [2.45, 2.75) is 13.3 Å². The first-order valence-corrected chi connectivity index (χ1v) is 7.83. The molecule has 1 N–H and O–H groups in total. The van der Waals surface area contributed by atoms with E-state index in [1.165, 1.54) is 6.26 Å². The van der Waals surface area contributed by atoms with Gasteiger partial charge in [-0.15, -0.1) is 0 Å². The maximum absolute atomic E-state index is 12.6. The van der Waals surface area contributed by atoms with Gasteiger partial charge in [-0.3, -0.25) is 9.59 Å². The minimum absolute atomic E-state index is 0.154. The van der Waals surface area contributed by atoms with Crippen LogP contribution in [0.1, 0.15) is 23.7 Å². The molecular formula is C17H20N2O4. The molecule has 0 bridgehead atoms. The van der Waals surface area contributed by atoms with Crippen LogP contribution in [0.25, 0.3) is 11.5 Å². The first-order valence-electron chi connectivity index (χ1n) is 7.83. The van der Waals surface area contributed by atoms with Crippen molar-refractivity contribution in [1.29, 1.82) is 0 Å². The molecule has 0 spiro atoms. The molecule has 23 heavy (non-hydrogen) atoms. The maximum Gasteiger partial charge on any atom is 0.261 e. The molecule has 122 valence electrons. The van der Waals surface area contributed by atoms with E-state index < -0.39 is 5.56 Å². The number of H-pyrrole nitrogens is 1. The molecule has 1 fully saturated rings. The lowest BCUT2D eigenvalue weighted by atomic mass is 10.1. The Morgan fingerprint density at radius 1 is 1.39 bits per heavy atom. The molecule has 2 aromatic rings. The van der Waals surface area contributed by atoms with Gasteiger partial charge in [0.25, 0.3) is 11.5 Å². The zero-order chi connectivity index (χ0) is 16.2. The van der Waals surface area contributed by atoms with Gasteiger partial charge in [0.05, 0.1) is 18.6 Å². The predicted molar refractivity (Wildman–Crippen MR) is 85.3 cm³/mol. The highest BCUT2D eigenvalue weighted by Crippen LogP contribution is 2.17. The van der Waals surface area contributed by atoms with Crippen LogP contribution in [-0.2, 0) is 4.74 Å². The van der Waals surface area contributed by atoms with Crippen molar-refractivity contribution in [1.82, 2.24) is 9.88 Å². The number of carbonyl (C=O) groups excluding carboxylic acids is 1. The molecule has 0 saturated carbocycles. The van der Waals surface area contributed by atoms with Crippen LogP contribution >= 0.6 is 0 Å². The molecule has 0 radical (unpaired) electrons. The summed E-state index contributed by atoms with van der Waals surface area (Å²) < 4.78 is 10.6. The van der Waals surface area contributed by atoms with E-state index in [0.29, 0.717) is 37.1 Å². The highest BCUT2D eigenvalue weighted by atomic mass is 16.5. The summed E-state index contributed by atoms with van der Waals surface area (Å²) in [5.41, 5.74) is 0.315. The fourth-order valence-corrected chi connectivity index (χ4v) is 2.78. The second-order valence-electron chi connectivity index (χ2n) is 5.67. The molecule has 3 heterocycles. The Morgan fingerprint density at radius 2 is 2.26 bits per heavy atom. The van der Waals surface area contributed by atoms with E-state index >= 15 is 0 Å². The number of ether oxygens (including phenoxy) is 1. The fourth-order valence-electron chi connectivity index (χ4n) is 2.78. The van der Waals surface area contributed by atoms with Gasteiger partial charge in [0, 0.05) is 25.6 Å². The number of amides is 1. The molecule has 1 saturated heterocycles. The van der Waals surface area contributed by atoms with Gasteiger partial charge in [-0.25, -0.2) is 0 Å². The first kappa shape index (κ1) is 15.6. The quantitative estimate of drug-likeness (QED) is 0.917. The Morgan fingerprint density at radius 3 is 2.87 bits per heavy atom. The number of rotatable bonds is 5. The summed E-state index contributed by atoms with van der Waals surface area (Å²) in [6, 6.07) is 6.76. The van der Waals surface area contributed by atoms with Gasteiger partial charge in [-0.2, -0.15) is 0 Å². The van der Waals surface area contributed by atoms with Crippen molar-refractivity contribution in [3.63, 3.8) is 0 Å². The largest absolute Gasteiger partial charge is 0.463 e. The summed E-state index contributed by atoms with van der Waals surface area (Å²) in [6.07, 6.45) is 2.49. The molecule has 6 nitrogen and oxygen atoms in total. The standard InChI is InChI=1S/C17H20N2O4/c1-2-19(10-12-7-9-22-11-12)17(21)13-5-6-14(18-16(13)20)15-4-3-8-23-15/h3-6,8,12H,2,7,9-11H2,1H3,(H,18,20). The number of aromatic nitrogens is 1. The highest BCUT2D eigenvalue weighted by molar-refractivity contribution is 5.94. The number of hydrogen-bond acceptors (Lipinski definition) is 4. The van der Waals surface area contributed by atoms with Crippen molar-refractivity contribution in [2.75, 3.05) is 26.3 Å². The van der Waals surface area contributed by atoms with E-state index in [-0.39, 0.29) is 11.5 Å². The second kappa shape index (κ2) is 6.83. The smallest absolute Gasteiger partial charge is 0.261 e. The van der Waals surface area contributed by atoms with Crippen LogP contribution < -0.4 is 5.56 Å². The van der Waals surface area contributed by atoms with Crippen molar-refractivity contribution < 1.29 is 13.9 Å². The van der Waals surface area contributed by atoms with Crippen LogP contribution in [0.15, 0.2) is 39.7 Å². The van der Waals surface area contributed by atoms with Crippen molar-refractivity contribution in [3.8, 4) is 11.5 Å². The summed E-state index contributed by atoms with van der Waals surface area (Å²) in [5, 5.41) is 0. The van der Waals surface area contributed by atoms with Gasteiger partial charge in [0.1, 0.15) is 11.3 Å². The van der Waals surface area contributed by atoms with Crippen LogP contribution in [0.3, 0.4) is 0 Å². The van der Waals surface area contributed by atoms with Gasteiger partial charge in [0.2, 0.25) is 0 Å². The van der Waals surface area contributed by atoms with Crippen molar-refractivity contribution >= 4 is 5.91 Å². The lowest BCUT2D eigenvalue weighted by Gasteiger charge is -2.23. The topological polar surface area (TPSA) is 75.5 Å². The number of pyridine rings is 1. The fraction of sp³-hybridized carbons (Fsp3) is 0.412. The molecule has 1 atom stereocenters. The van der Waals surface area contributed by atoms with E-state index in [2.05, 4.69) is 4.98 Å². The molecular weight excluding hydrogens is 296 g/mol. The maximum atomic E-state index is 12.6. The van der Waals surface area contributed by atoms with Crippen LogP contribution in [0.5, 0.6) is 0 Å². The van der Waals surface area contributed by atoms with E-state index in [4.69, 9.17) is 9.15 Å². The van der Waals surface area contributed by atoms with E-state index in [9.17, 15) is 9.59 Å². The number of carbonyl (C=O) groups is 1. The third kappa shape index (κ3) is 3.37. The van der Waals surface area contributed by atoms with Crippen LogP contribution in [0, 0.1) is 5.92 Å². The molecule has 1 aliphatic heterocycles. The van der Waals surface area contributed by atoms with Crippen LogP contribution in [0.2, 0.25) is 0 Å². The predicted octanol–water partition coefficient (Wildman–Crippen LogP) is 2.13. The number of furan rings is 1. The van der Waals surface area contributed by atoms with E-state index in [1.54, 1.807) is 29.2 Å². The van der Waals surface area contributed by atoms with Crippen LogP contribution in [-0.4, -0.2) is 42.1 Å². The number of aromatic amines is 1. The number of hydrogen-bond donors (Lipinski definition) is 1. The second-order valence-corrected chi connectivity index (χ2v) is 5.67. The normalized spacial score (nSPS) is 17.3. The molecule has 6 heteroatoms. The Kier molecular flexibility index (Phi) is 4.62. The van der Waals surface area contributed by atoms with E-state index in [1.807, 2.05) is 6.92 Å². The lowest BCUT2D eigenvalue weighted by molar-refractivity contribution is 0.0729. The SMILES string of the molecule is CCN(CC1CCOC1)C(=O)c1ccc(-c2ccco2)[nH]c1=O. The molecule has 1 unspecified atom stereocenters. The Bertz CT molecular complexity index is 714. The molecule has 1 aliphatic rings. The highest BCUT2D eigenvalue weighted by Gasteiger charge is 2.24. The molecule has 0 aromatic carbocycles. The Hall–Kier alpha value is -2.34. The number of nitrogens with one attached hydrogen (secondary N) is 1. The van der Waals surface area contributed by atoms with Gasteiger partial charge < -0.3 is 19.0 Å². The average Bonchev–Trinajstić information content (AvgIpc) is 3.25. The van der Waals surface area contributed by atoms with E-state index in [0.717, 1.165) is 13.0 Å². The molecule has 3 rings (SSSR count). The third-order valence-electron chi connectivity index (χ3n) is 4.10. The molecule has 2 aromatic heterocycles. The van der Waals surface area contributed by atoms with Crippen molar-refractivity contribution in [3.05, 3.63) is 46.4 Å². The summed E-state index contributed by atoms with van der Waals surface area (Å²) in [7, 11) is 0. The van der Waals surface area contributed by atoms with Gasteiger partial charge >= 0.3 is 0 Å². The monoisotopic (exact) mass is 316 g/mol.